The van der Waals surface area contributed by atoms with E-state index >= 15 is 0 Å². The Balaban J connectivity index is 2.84. The molecule has 7 heteroatoms. The van der Waals surface area contributed by atoms with Crippen molar-refractivity contribution in [3.63, 3.8) is 0 Å². The maximum atomic E-state index is 11.4. The van der Waals surface area contributed by atoms with Crippen LogP contribution in [0.5, 0.6) is 0 Å². The number of hydrogen-bond acceptors (Lipinski definition) is 5. The van der Waals surface area contributed by atoms with Crippen LogP contribution in [0.2, 0.25) is 0 Å². The summed E-state index contributed by atoms with van der Waals surface area (Å²) in [5, 5.41) is 0. The number of rotatable bonds is 7. The first-order valence-corrected chi connectivity index (χ1v) is 8.00. The van der Waals surface area contributed by atoms with Crippen molar-refractivity contribution >= 4 is 7.60 Å². The minimum atomic E-state index is -3.55. The fraction of sp³-hybridized carbons (Fsp3) is 1.00. The molecule has 1 saturated heterocycles. The highest BCUT2D eigenvalue weighted by Crippen LogP contribution is 2.46. The zero-order valence-corrected chi connectivity index (χ0v) is 12.3. The molecule has 0 spiro atoms. The summed E-state index contributed by atoms with van der Waals surface area (Å²) in [4.78, 5) is 9.40. The second kappa shape index (κ2) is 6.46. The van der Waals surface area contributed by atoms with Gasteiger partial charge in [0.05, 0.1) is 12.7 Å². The van der Waals surface area contributed by atoms with Gasteiger partial charge in [-0.2, -0.15) is 0 Å². The van der Waals surface area contributed by atoms with Gasteiger partial charge in [-0.1, -0.05) is 0 Å². The van der Waals surface area contributed by atoms with Crippen LogP contribution in [-0.2, 0) is 23.3 Å². The molecule has 0 aromatic rings. The van der Waals surface area contributed by atoms with Crippen LogP contribution in [0.15, 0.2) is 0 Å². The third-order valence-electron chi connectivity index (χ3n) is 3.01. The van der Waals surface area contributed by atoms with E-state index in [-0.39, 0.29) is 6.10 Å². The molecular formula is C11H23O6P. The molecule has 1 aliphatic heterocycles. The Morgan fingerprint density at radius 3 is 2.61 bits per heavy atom. The van der Waals surface area contributed by atoms with E-state index in [4.69, 9.17) is 18.7 Å². The standard InChI is InChI=1S/C11H23O6P/c1-9-7-10(17-18(4,12)13)11(16-9,8-15-3)5-6-14-2/h9-10H,5-8H2,1-4H3,(H,12,13)/t9-,10?,11+/m0/s1. The van der Waals surface area contributed by atoms with Gasteiger partial charge in [0.25, 0.3) is 0 Å². The molecule has 0 saturated carbocycles. The molecule has 1 aliphatic rings. The van der Waals surface area contributed by atoms with Crippen molar-refractivity contribution in [3.8, 4) is 0 Å². The molecular weight excluding hydrogens is 259 g/mol. The zero-order valence-electron chi connectivity index (χ0n) is 11.4. The lowest BCUT2D eigenvalue weighted by Gasteiger charge is -2.34. The first kappa shape index (κ1) is 16.1. The minimum absolute atomic E-state index is 0.0337. The average molecular weight is 282 g/mol. The molecule has 1 fully saturated rings. The lowest BCUT2D eigenvalue weighted by molar-refractivity contribution is -0.122. The molecule has 1 heterocycles. The molecule has 4 atom stereocenters. The van der Waals surface area contributed by atoms with Gasteiger partial charge in [0, 0.05) is 40.3 Å². The normalized spacial score (nSPS) is 35.6. The van der Waals surface area contributed by atoms with Gasteiger partial charge in [-0.15, -0.1) is 0 Å². The van der Waals surface area contributed by atoms with E-state index in [1.165, 1.54) is 6.66 Å². The highest BCUT2D eigenvalue weighted by molar-refractivity contribution is 7.51. The van der Waals surface area contributed by atoms with Crippen molar-refractivity contribution in [2.75, 3.05) is 34.1 Å². The summed E-state index contributed by atoms with van der Waals surface area (Å²) in [5.74, 6) is 0. The van der Waals surface area contributed by atoms with E-state index < -0.39 is 19.3 Å². The van der Waals surface area contributed by atoms with Crippen LogP contribution in [0.4, 0.5) is 0 Å². The molecule has 0 aromatic carbocycles. The Bertz CT molecular complexity index is 304. The van der Waals surface area contributed by atoms with E-state index in [2.05, 4.69) is 0 Å². The predicted octanol–water partition coefficient (Wildman–Crippen LogP) is 1.42. The van der Waals surface area contributed by atoms with E-state index in [1.54, 1.807) is 14.2 Å². The maximum absolute atomic E-state index is 11.4. The molecule has 6 nitrogen and oxygen atoms in total. The Morgan fingerprint density at radius 2 is 2.11 bits per heavy atom. The van der Waals surface area contributed by atoms with Crippen LogP contribution in [0.25, 0.3) is 0 Å². The van der Waals surface area contributed by atoms with Crippen LogP contribution in [-0.4, -0.2) is 56.8 Å². The van der Waals surface area contributed by atoms with Crippen molar-refractivity contribution in [3.05, 3.63) is 0 Å². The molecule has 0 bridgehead atoms. The van der Waals surface area contributed by atoms with Gasteiger partial charge in [0.15, 0.2) is 0 Å². The van der Waals surface area contributed by atoms with Crippen molar-refractivity contribution < 1.29 is 28.2 Å². The number of methoxy groups -OCH3 is 2. The van der Waals surface area contributed by atoms with E-state index in [0.717, 1.165) is 0 Å². The Kier molecular flexibility index (Phi) is 5.77. The van der Waals surface area contributed by atoms with Gasteiger partial charge >= 0.3 is 7.60 Å². The summed E-state index contributed by atoms with van der Waals surface area (Å²) < 4.78 is 32.9. The molecule has 0 aromatic heterocycles. The first-order valence-electron chi connectivity index (χ1n) is 5.97. The quantitative estimate of drug-likeness (QED) is 0.712. The number of ether oxygens (including phenoxy) is 3. The SMILES string of the molecule is COCC[C@]1(COC)O[C@@H](C)CC1OP(C)(=O)O. The van der Waals surface area contributed by atoms with Gasteiger partial charge < -0.3 is 23.6 Å². The summed E-state index contributed by atoms with van der Waals surface area (Å²) in [6.07, 6.45) is 0.648. The fourth-order valence-electron chi connectivity index (χ4n) is 2.35. The van der Waals surface area contributed by atoms with Crippen LogP contribution < -0.4 is 0 Å². The summed E-state index contributed by atoms with van der Waals surface area (Å²) in [7, 11) is -0.379. The van der Waals surface area contributed by atoms with Gasteiger partial charge in [0.2, 0.25) is 0 Å². The van der Waals surface area contributed by atoms with Gasteiger partial charge in [-0.25, -0.2) is 0 Å². The first-order chi connectivity index (χ1) is 8.33. The lowest BCUT2D eigenvalue weighted by Crippen LogP contribution is -2.45. The van der Waals surface area contributed by atoms with Crippen LogP contribution >= 0.6 is 7.60 Å². The largest absolute Gasteiger partial charge is 0.385 e. The third-order valence-corrected chi connectivity index (χ3v) is 3.66. The molecule has 1 N–H and O–H groups in total. The Hall–Kier alpha value is 0.0300. The van der Waals surface area contributed by atoms with Crippen LogP contribution in [0.1, 0.15) is 19.8 Å². The average Bonchev–Trinajstić information content (AvgIpc) is 2.50. The molecule has 18 heavy (non-hydrogen) atoms. The summed E-state index contributed by atoms with van der Waals surface area (Å²) in [6, 6.07) is 0. The third kappa shape index (κ3) is 4.30. The molecule has 0 amide bonds. The highest BCUT2D eigenvalue weighted by atomic mass is 31.2. The molecule has 1 rings (SSSR count). The van der Waals surface area contributed by atoms with Crippen LogP contribution in [0.3, 0.4) is 0 Å². The fourth-order valence-corrected chi connectivity index (χ4v) is 3.10. The molecule has 0 aliphatic carbocycles. The Labute approximate surface area is 108 Å². The van der Waals surface area contributed by atoms with Crippen molar-refractivity contribution in [1.82, 2.24) is 0 Å². The monoisotopic (exact) mass is 282 g/mol. The van der Waals surface area contributed by atoms with Gasteiger partial charge in [0.1, 0.15) is 11.7 Å². The van der Waals surface area contributed by atoms with E-state index in [1.807, 2.05) is 6.92 Å². The summed E-state index contributed by atoms with van der Waals surface area (Å²) in [6.45, 7) is 3.89. The summed E-state index contributed by atoms with van der Waals surface area (Å²) in [5.41, 5.74) is -0.710. The van der Waals surface area contributed by atoms with Crippen LogP contribution in [0, 0.1) is 0 Å². The zero-order chi connectivity index (χ0) is 13.8. The topological polar surface area (TPSA) is 74.2 Å². The second-order valence-electron chi connectivity index (χ2n) is 4.80. The smallest absolute Gasteiger partial charge is 0.325 e. The lowest BCUT2D eigenvalue weighted by atomic mass is 9.94. The highest BCUT2D eigenvalue weighted by Gasteiger charge is 2.49. The maximum Gasteiger partial charge on any atom is 0.325 e. The van der Waals surface area contributed by atoms with Gasteiger partial charge in [-0.3, -0.25) is 4.57 Å². The van der Waals surface area contributed by atoms with Crippen molar-refractivity contribution in [2.45, 2.75) is 37.6 Å². The molecule has 2 unspecified atom stereocenters. The van der Waals surface area contributed by atoms with Crippen molar-refractivity contribution in [2.24, 2.45) is 0 Å². The number of hydrogen-bond donors (Lipinski definition) is 1. The van der Waals surface area contributed by atoms with Crippen molar-refractivity contribution in [1.29, 1.82) is 0 Å². The minimum Gasteiger partial charge on any atom is -0.385 e. The Morgan fingerprint density at radius 1 is 1.44 bits per heavy atom. The van der Waals surface area contributed by atoms with E-state index in [0.29, 0.717) is 26.1 Å². The molecule has 108 valence electrons. The van der Waals surface area contributed by atoms with E-state index in [9.17, 15) is 9.46 Å². The molecule has 0 radical (unpaired) electrons. The van der Waals surface area contributed by atoms with Gasteiger partial charge in [-0.05, 0) is 6.92 Å². The summed E-state index contributed by atoms with van der Waals surface area (Å²) >= 11 is 0. The predicted molar refractivity (Wildman–Crippen MR) is 66.9 cm³/mol. The second-order valence-corrected chi connectivity index (χ2v) is 6.62.